The van der Waals surface area contributed by atoms with Crippen LogP contribution in [-0.2, 0) is 4.74 Å². The zero-order valence-electron chi connectivity index (χ0n) is 10.4. The van der Waals surface area contributed by atoms with Gasteiger partial charge >= 0.3 is 6.18 Å². The number of ether oxygens (including phenoxy) is 1. The van der Waals surface area contributed by atoms with Crippen molar-refractivity contribution in [2.24, 2.45) is 0 Å². The molecule has 1 rings (SSSR count). The molecule has 0 aromatic rings. The quantitative estimate of drug-likeness (QED) is 0.755. The van der Waals surface area contributed by atoms with E-state index >= 15 is 0 Å². The fraction of sp³-hybridized carbons (Fsp3) is 1.00. The third kappa shape index (κ3) is 5.70. The molecule has 0 aromatic carbocycles. The van der Waals surface area contributed by atoms with Gasteiger partial charge in [-0.2, -0.15) is 13.2 Å². The average Bonchev–Trinajstić information content (AvgIpc) is 2.26. The molecule has 0 radical (unpaired) electrons. The standard InChI is InChI=1S/C11H21F3N2O/c1-10(15-2)3-5-16(6-4-10)7-8-17-9-11(12,13)14/h15H,3-9H2,1-2H3. The second-order valence-electron chi connectivity index (χ2n) is 4.82. The minimum atomic E-state index is -4.22. The topological polar surface area (TPSA) is 24.5 Å². The Kier molecular flexibility index (Phi) is 5.22. The zero-order chi connectivity index (χ0) is 12.9. The van der Waals surface area contributed by atoms with Crippen LogP contribution in [0.4, 0.5) is 13.2 Å². The van der Waals surface area contributed by atoms with Gasteiger partial charge in [-0.25, -0.2) is 0 Å². The van der Waals surface area contributed by atoms with Gasteiger partial charge in [-0.15, -0.1) is 0 Å². The van der Waals surface area contributed by atoms with Crippen molar-refractivity contribution in [2.75, 3.05) is 39.9 Å². The predicted molar refractivity (Wildman–Crippen MR) is 60.0 cm³/mol. The van der Waals surface area contributed by atoms with Crippen LogP contribution in [0.5, 0.6) is 0 Å². The fourth-order valence-corrected chi connectivity index (χ4v) is 1.90. The largest absolute Gasteiger partial charge is 0.411 e. The highest BCUT2D eigenvalue weighted by atomic mass is 19.4. The van der Waals surface area contributed by atoms with Gasteiger partial charge < -0.3 is 15.0 Å². The highest BCUT2D eigenvalue weighted by Crippen LogP contribution is 2.20. The Morgan fingerprint density at radius 2 is 1.88 bits per heavy atom. The molecule has 102 valence electrons. The minimum absolute atomic E-state index is 0.149. The van der Waals surface area contributed by atoms with Gasteiger partial charge in [-0.1, -0.05) is 0 Å². The normalized spacial score (nSPS) is 21.7. The van der Waals surface area contributed by atoms with Crippen molar-refractivity contribution in [3.63, 3.8) is 0 Å². The maximum Gasteiger partial charge on any atom is 0.411 e. The number of nitrogens with zero attached hydrogens (tertiary/aromatic N) is 1. The first-order chi connectivity index (χ1) is 7.85. The third-order valence-corrected chi connectivity index (χ3v) is 3.38. The monoisotopic (exact) mass is 254 g/mol. The molecule has 0 aliphatic carbocycles. The number of rotatable bonds is 5. The summed E-state index contributed by atoms with van der Waals surface area (Å²) >= 11 is 0. The molecule has 1 heterocycles. The molecule has 1 saturated heterocycles. The molecule has 1 aliphatic rings. The number of hydrogen-bond acceptors (Lipinski definition) is 3. The first kappa shape index (κ1) is 14.7. The lowest BCUT2D eigenvalue weighted by molar-refractivity contribution is -0.174. The molecule has 1 fully saturated rings. The van der Waals surface area contributed by atoms with Crippen LogP contribution in [0.3, 0.4) is 0 Å². The maximum absolute atomic E-state index is 11.8. The first-order valence-electron chi connectivity index (χ1n) is 5.90. The van der Waals surface area contributed by atoms with Gasteiger partial charge in [0.1, 0.15) is 6.61 Å². The second kappa shape index (κ2) is 6.02. The number of halogens is 3. The summed E-state index contributed by atoms with van der Waals surface area (Å²) in [5, 5.41) is 3.28. The summed E-state index contributed by atoms with van der Waals surface area (Å²) in [5.74, 6) is 0. The molecular weight excluding hydrogens is 233 g/mol. The van der Waals surface area contributed by atoms with E-state index in [9.17, 15) is 13.2 Å². The molecule has 17 heavy (non-hydrogen) atoms. The molecule has 6 heteroatoms. The van der Waals surface area contributed by atoms with E-state index in [0.29, 0.717) is 6.54 Å². The average molecular weight is 254 g/mol. The molecule has 0 unspecified atom stereocenters. The molecule has 3 nitrogen and oxygen atoms in total. The van der Waals surface area contributed by atoms with Gasteiger partial charge in [-0.05, 0) is 39.9 Å². The molecule has 0 bridgehead atoms. The summed E-state index contributed by atoms with van der Waals surface area (Å²) in [6.07, 6.45) is -2.18. The van der Waals surface area contributed by atoms with Crippen molar-refractivity contribution in [3.8, 4) is 0 Å². The number of piperidine rings is 1. The highest BCUT2D eigenvalue weighted by Gasteiger charge is 2.29. The highest BCUT2D eigenvalue weighted by molar-refractivity contribution is 4.87. The molecule has 0 aromatic heterocycles. The van der Waals surface area contributed by atoms with Crippen LogP contribution in [-0.4, -0.2) is 56.5 Å². The third-order valence-electron chi connectivity index (χ3n) is 3.38. The number of likely N-dealkylation sites (tertiary alicyclic amines) is 1. The van der Waals surface area contributed by atoms with Crippen LogP contribution in [0, 0.1) is 0 Å². The molecule has 1 N–H and O–H groups in total. The van der Waals surface area contributed by atoms with Gasteiger partial charge in [0, 0.05) is 12.1 Å². The predicted octanol–water partition coefficient (Wildman–Crippen LogP) is 1.64. The molecule has 0 amide bonds. The Morgan fingerprint density at radius 1 is 1.29 bits per heavy atom. The molecular formula is C11H21F3N2O. The first-order valence-corrected chi connectivity index (χ1v) is 5.90. The molecule has 0 saturated carbocycles. The lowest BCUT2D eigenvalue weighted by Gasteiger charge is -2.39. The van der Waals surface area contributed by atoms with Crippen molar-refractivity contribution in [2.45, 2.75) is 31.5 Å². The van der Waals surface area contributed by atoms with E-state index in [1.807, 2.05) is 7.05 Å². The van der Waals surface area contributed by atoms with Crippen molar-refractivity contribution in [1.82, 2.24) is 10.2 Å². The van der Waals surface area contributed by atoms with Crippen LogP contribution < -0.4 is 5.32 Å². The van der Waals surface area contributed by atoms with Gasteiger partial charge in [0.25, 0.3) is 0 Å². The summed E-state index contributed by atoms with van der Waals surface area (Å²) in [6.45, 7) is 3.57. The fourth-order valence-electron chi connectivity index (χ4n) is 1.90. The van der Waals surface area contributed by atoms with Crippen molar-refractivity contribution < 1.29 is 17.9 Å². The Morgan fingerprint density at radius 3 is 2.35 bits per heavy atom. The Labute approximate surface area is 100 Å². The van der Waals surface area contributed by atoms with Gasteiger partial charge in [0.15, 0.2) is 0 Å². The summed E-state index contributed by atoms with van der Waals surface area (Å²) < 4.78 is 40.1. The Bertz CT molecular complexity index is 225. The van der Waals surface area contributed by atoms with E-state index in [1.165, 1.54) is 0 Å². The molecule has 1 aliphatic heterocycles. The SMILES string of the molecule is CNC1(C)CCN(CCOCC(F)(F)F)CC1. The smallest absolute Gasteiger partial charge is 0.371 e. The maximum atomic E-state index is 11.8. The molecule has 0 spiro atoms. The van der Waals surface area contributed by atoms with Gasteiger partial charge in [0.05, 0.1) is 6.61 Å². The summed E-state index contributed by atoms with van der Waals surface area (Å²) in [4.78, 5) is 2.15. The minimum Gasteiger partial charge on any atom is -0.371 e. The number of alkyl halides is 3. The Hall–Kier alpha value is -0.330. The summed E-state index contributed by atoms with van der Waals surface area (Å²) in [7, 11) is 1.95. The van der Waals surface area contributed by atoms with Crippen LogP contribution in [0.15, 0.2) is 0 Å². The van der Waals surface area contributed by atoms with E-state index < -0.39 is 12.8 Å². The van der Waals surface area contributed by atoms with Crippen molar-refractivity contribution in [3.05, 3.63) is 0 Å². The van der Waals surface area contributed by atoms with Crippen LogP contribution in [0.2, 0.25) is 0 Å². The number of nitrogens with one attached hydrogen (secondary N) is 1. The van der Waals surface area contributed by atoms with E-state index in [2.05, 4.69) is 21.9 Å². The van der Waals surface area contributed by atoms with Gasteiger partial charge in [0.2, 0.25) is 0 Å². The lowest BCUT2D eigenvalue weighted by Crippen LogP contribution is -2.50. The van der Waals surface area contributed by atoms with Gasteiger partial charge in [-0.3, -0.25) is 0 Å². The van der Waals surface area contributed by atoms with E-state index in [1.54, 1.807) is 0 Å². The summed E-state index contributed by atoms with van der Waals surface area (Å²) in [5.41, 5.74) is 0.170. The summed E-state index contributed by atoms with van der Waals surface area (Å²) in [6, 6.07) is 0. The zero-order valence-corrected chi connectivity index (χ0v) is 10.4. The van der Waals surface area contributed by atoms with Crippen molar-refractivity contribution in [1.29, 1.82) is 0 Å². The lowest BCUT2D eigenvalue weighted by atomic mass is 9.90. The van der Waals surface area contributed by atoms with Crippen LogP contribution >= 0.6 is 0 Å². The number of hydrogen-bond donors (Lipinski definition) is 1. The van der Waals surface area contributed by atoms with Crippen LogP contribution in [0.1, 0.15) is 19.8 Å². The van der Waals surface area contributed by atoms with E-state index in [4.69, 9.17) is 0 Å². The van der Waals surface area contributed by atoms with E-state index in [0.717, 1.165) is 25.9 Å². The second-order valence-corrected chi connectivity index (χ2v) is 4.82. The molecule has 0 atom stereocenters. The van der Waals surface area contributed by atoms with Crippen molar-refractivity contribution >= 4 is 0 Å². The van der Waals surface area contributed by atoms with Crippen LogP contribution in [0.25, 0.3) is 0 Å². The van der Waals surface area contributed by atoms with E-state index in [-0.39, 0.29) is 12.1 Å². The Balaban J connectivity index is 2.11.